The van der Waals surface area contributed by atoms with Crippen LogP contribution >= 0.6 is 0 Å². The second-order valence-electron chi connectivity index (χ2n) is 9.74. The van der Waals surface area contributed by atoms with Gasteiger partial charge in [-0.2, -0.15) is 4.98 Å². The van der Waals surface area contributed by atoms with E-state index in [0.717, 1.165) is 4.40 Å². The fourth-order valence-electron chi connectivity index (χ4n) is 3.84. The van der Waals surface area contributed by atoms with Crippen LogP contribution in [0, 0.1) is 18.6 Å². The van der Waals surface area contributed by atoms with Crippen molar-refractivity contribution in [3.05, 3.63) is 58.5 Å². The smallest absolute Gasteiger partial charge is 0.410 e. The first-order valence-corrected chi connectivity index (χ1v) is 12.8. The topological polar surface area (TPSA) is 97.3 Å². The third kappa shape index (κ3) is 6.68. The van der Waals surface area contributed by atoms with E-state index in [2.05, 4.69) is 15.0 Å². The largest absolute Gasteiger partial charge is 0.444 e. The van der Waals surface area contributed by atoms with Crippen molar-refractivity contribution in [2.45, 2.75) is 54.1 Å². The summed E-state index contributed by atoms with van der Waals surface area (Å²) in [7, 11) is 1.62. The highest BCUT2D eigenvalue weighted by Gasteiger charge is 2.21. The normalized spacial score (nSPS) is 11.3. The van der Waals surface area contributed by atoms with Gasteiger partial charge in [0.25, 0.3) is 0 Å². The number of halogens is 2. The van der Waals surface area contributed by atoms with Crippen LogP contribution < -0.4 is 10.6 Å². The number of aryl methyl sites for hydroxylation is 1. The second-order valence-corrected chi connectivity index (χ2v) is 9.74. The minimum atomic E-state index is -0.759. The van der Waals surface area contributed by atoms with Crippen molar-refractivity contribution in [2.24, 2.45) is 0 Å². The fourth-order valence-corrected chi connectivity index (χ4v) is 3.84. The number of hydrogen-bond acceptors (Lipinski definition) is 7. The van der Waals surface area contributed by atoms with Gasteiger partial charge in [0.05, 0.1) is 11.4 Å². The predicted molar refractivity (Wildman–Crippen MR) is 146 cm³/mol. The average Bonchev–Trinajstić information content (AvgIpc) is 3.25. The van der Waals surface area contributed by atoms with E-state index in [0.29, 0.717) is 31.0 Å². The highest BCUT2D eigenvalue weighted by atomic mass is 19.1. The van der Waals surface area contributed by atoms with Gasteiger partial charge in [0, 0.05) is 56.9 Å². The van der Waals surface area contributed by atoms with Gasteiger partial charge in [-0.15, -0.1) is 0 Å². The lowest BCUT2D eigenvalue weighted by Crippen LogP contribution is -2.39. The Morgan fingerprint density at radius 2 is 1.67 bits per heavy atom. The Morgan fingerprint density at radius 3 is 2.31 bits per heavy atom. The third-order valence-electron chi connectivity index (χ3n) is 5.64. The Bertz CT molecular complexity index is 1540. The van der Waals surface area contributed by atoms with E-state index in [1.54, 1.807) is 40.9 Å². The number of amides is 1. The number of nitrogens with zero attached hydrogens (tertiary/aromatic N) is 7. The summed E-state index contributed by atoms with van der Waals surface area (Å²) in [6.07, 6.45) is 4.15. The van der Waals surface area contributed by atoms with Gasteiger partial charge in [-0.1, -0.05) is 13.8 Å². The minimum Gasteiger partial charge on any atom is -0.444 e. The number of rotatable bonds is 6. The van der Waals surface area contributed by atoms with Gasteiger partial charge in [-0.25, -0.2) is 32.7 Å². The van der Waals surface area contributed by atoms with Crippen molar-refractivity contribution >= 4 is 23.1 Å². The first-order valence-electron chi connectivity index (χ1n) is 12.8. The second kappa shape index (κ2) is 11.7. The van der Waals surface area contributed by atoms with E-state index in [9.17, 15) is 14.0 Å². The van der Waals surface area contributed by atoms with Gasteiger partial charge in [-0.05, 0) is 40.7 Å². The van der Waals surface area contributed by atoms with Crippen LogP contribution in [0.4, 0.5) is 19.3 Å². The molecule has 0 aromatic carbocycles. The van der Waals surface area contributed by atoms with Crippen LogP contribution in [0.2, 0.25) is 0 Å². The molecule has 0 N–H and O–H groups in total. The molecule has 12 heteroatoms. The molecular formula is C27H35F2N7O3. The molecule has 0 unspecified atom stereocenters. The molecular weight excluding hydrogens is 508 g/mol. The van der Waals surface area contributed by atoms with Crippen LogP contribution in [0.25, 0.3) is 22.7 Å². The lowest BCUT2D eigenvalue weighted by atomic mass is 10.2. The minimum absolute atomic E-state index is 0.102. The zero-order chi connectivity index (χ0) is 29.1. The number of hydrogen-bond donors (Lipinski definition) is 0. The van der Waals surface area contributed by atoms with Crippen LogP contribution in [0.5, 0.6) is 0 Å². The van der Waals surface area contributed by atoms with E-state index in [-0.39, 0.29) is 22.7 Å². The van der Waals surface area contributed by atoms with Crippen LogP contribution in [-0.4, -0.2) is 67.0 Å². The van der Waals surface area contributed by atoms with E-state index in [1.807, 2.05) is 25.7 Å². The summed E-state index contributed by atoms with van der Waals surface area (Å²) in [4.78, 5) is 40.6. The molecule has 0 aliphatic carbocycles. The third-order valence-corrected chi connectivity index (χ3v) is 5.64. The summed E-state index contributed by atoms with van der Waals surface area (Å²) in [6, 6.07) is 2.44. The molecule has 0 aliphatic rings. The zero-order valence-corrected chi connectivity index (χ0v) is 23.6. The van der Waals surface area contributed by atoms with Gasteiger partial charge in [-0.3, -0.25) is 0 Å². The molecule has 0 radical (unpaired) electrons. The molecule has 4 aromatic heterocycles. The molecule has 10 nitrogen and oxygen atoms in total. The summed E-state index contributed by atoms with van der Waals surface area (Å²) in [5.41, 5.74) is -0.228. The number of carbonyl (C=O) groups excluding carboxylic acids is 1. The molecule has 0 bridgehead atoms. The SMILES string of the molecule is CC.CCN(CCN(C)C(=O)OC(C)(C)C)c1cc(F)c2nc(-c3cc(F)c4nc(C)cn4c3)nc(=O)n2c1. The molecule has 0 aliphatic heterocycles. The van der Waals surface area contributed by atoms with Gasteiger partial charge < -0.3 is 18.9 Å². The van der Waals surface area contributed by atoms with Crippen molar-refractivity contribution in [1.29, 1.82) is 0 Å². The summed E-state index contributed by atoms with van der Waals surface area (Å²) >= 11 is 0. The highest BCUT2D eigenvalue weighted by Crippen LogP contribution is 2.22. The lowest BCUT2D eigenvalue weighted by Gasteiger charge is -2.28. The van der Waals surface area contributed by atoms with Crippen LogP contribution in [-0.2, 0) is 4.74 Å². The van der Waals surface area contributed by atoms with Gasteiger partial charge >= 0.3 is 11.8 Å². The Morgan fingerprint density at radius 1 is 1.00 bits per heavy atom. The number of fused-ring (bicyclic) bond motifs is 2. The molecule has 4 aromatic rings. The molecule has 0 atom stereocenters. The maximum Gasteiger partial charge on any atom is 0.410 e. The summed E-state index contributed by atoms with van der Waals surface area (Å²) in [5, 5.41) is 0. The van der Waals surface area contributed by atoms with Crippen molar-refractivity contribution in [1.82, 2.24) is 28.7 Å². The molecule has 210 valence electrons. The fraction of sp³-hybridized carbons (Fsp3) is 0.444. The molecule has 0 fully saturated rings. The number of pyridine rings is 2. The quantitative estimate of drug-likeness (QED) is 0.347. The van der Waals surface area contributed by atoms with E-state index in [4.69, 9.17) is 4.74 Å². The number of imidazole rings is 1. The van der Waals surface area contributed by atoms with Crippen LogP contribution in [0.1, 0.15) is 47.2 Å². The van der Waals surface area contributed by atoms with Gasteiger partial charge in [0.2, 0.25) is 0 Å². The Hall–Kier alpha value is -4.09. The Kier molecular flexibility index (Phi) is 8.88. The van der Waals surface area contributed by atoms with E-state index in [1.165, 1.54) is 33.8 Å². The van der Waals surface area contributed by atoms with Gasteiger partial charge in [0.15, 0.2) is 28.8 Å². The van der Waals surface area contributed by atoms with Crippen LogP contribution in [0.15, 0.2) is 35.5 Å². The molecule has 0 saturated carbocycles. The summed E-state index contributed by atoms with van der Waals surface area (Å²) in [6.45, 7) is 14.1. The maximum atomic E-state index is 15.2. The average molecular weight is 544 g/mol. The monoisotopic (exact) mass is 543 g/mol. The summed E-state index contributed by atoms with van der Waals surface area (Å²) < 4.78 is 37.6. The molecule has 1 amide bonds. The lowest BCUT2D eigenvalue weighted by molar-refractivity contribution is 0.0303. The van der Waals surface area contributed by atoms with E-state index < -0.39 is 29.0 Å². The zero-order valence-electron chi connectivity index (χ0n) is 23.6. The molecule has 0 saturated heterocycles. The first kappa shape index (κ1) is 29.5. The molecule has 4 heterocycles. The molecule has 4 rings (SSSR count). The van der Waals surface area contributed by atoms with E-state index >= 15 is 4.39 Å². The first-order chi connectivity index (χ1) is 18.4. The van der Waals surface area contributed by atoms with Gasteiger partial charge in [0.1, 0.15) is 5.60 Å². The number of carbonyl (C=O) groups is 1. The maximum absolute atomic E-state index is 15.2. The molecule has 39 heavy (non-hydrogen) atoms. The van der Waals surface area contributed by atoms with Crippen molar-refractivity contribution in [2.75, 3.05) is 31.6 Å². The van der Waals surface area contributed by atoms with Crippen molar-refractivity contribution in [3.63, 3.8) is 0 Å². The standard InChI is InChI=1S/C25H29F2N7O3.C2H6/c1-7-32(9-8-31(6)24(36)37-25(3,4)5)17-11-19(27)22-29-20(30-23(35)34(22)14-17)16-10-18(26)21-28-15(2)12-33(21)13-16;1-2/h10-14H,7-9H2,1-6H3;1-2H3. The highest BCUT2D eigenvalue weighted by molar-refractivity contribution is 5.68. The van der Waals surface area contributed by atoms with Crippen molar-refractivity contribution < 1.29 is 18.3 Å². The number of likely N-dealkylation sites (N-methyl/N-ethyl adjacent to an activating group) is 2. The number of ether oxygens (including phenoxy) is 1. The predicted octanol–water partition coefficient (Wildman–Crippen LogP) is 4.71. The Labute approximate surface area is 225 Å². The summed E-state index contributed by atoms with van der Waals surface area (Å²) in [5.74, 6) is -1.45. The number of aromatic nitrogens is 5. The Balaban J connectivity index is 0.00000205. The van der Waals surface area contributed by atoms with Crippen LogP contribution in [0.3, 0.4) is 0 Å². The molecule has 0 spiro atoms. The number of anilines is 1. The van der Waals surface area contributed by atoms with Crippen molar-refractivity contribution in [3.8, 4) is 11.4 Å².